The van der Waals surface area contributed by atoms with Crippen LogP contribution in [0, 0.1) is 0 Å². The number of nitrogens with one attached hydrogen (secondary N) is 1. The summed E-state index contributed by atoms with van der Waals surface area (Å²) in [6.07, 6.45) is 1.71. The molecule has 0 spiro atoms. The molecule has 0 aliphatic heterocycles. The Labute approximate surface area is 133 Å². The quantitative estimate of drug-likeness (QED) is 0.432. The standard InChI is InChI=1S/C15H19N5O3/c1-2-9-22-12-6-4-3-5-11(12)10-17-7-8-18-15(21)13-14(16)20-23-19-13/h2-6,17H,1,7-10H2,(H2,16,20)(H,18,21)/p+1. The summed E-state index contributed by atoms with van der Waals surface area (Å²) in [5.74, 6) is 0.431. The second-order valence-electron chi connectivity index (χ2n) is 4.74. The Morgan fingerprint density at radius 2 is 2.26 bits per heavy atom. The summed E-state index contributed by atoms with van der Waals surface area (Å²) in [4.78, 5) is 11.7. The Hall–Kier alpha value is -2.87. The number of ether oxygens (including phenoxy) is 1. The number of carbonyl (C=O) groups excluding carboxylic acids is 1. The van der Waals surface area contributed by atoms with Crippen LogP contribution in [0.4, 0.5) is 5.82 Å². The van der Waals surface area contributed by atoms with E-state index in [1.54, 1.807) is 6.08 Å². The smallest absolute Gasteiger partial charge is 0.277 e. The molecule has 0 bridgehead atoms. The number of para-hydroxylation sites is 1. The number of nitrogen functional groups attached to an aromatic ring is 1. The number of carbonyl (C=O) groups is 1. The lowest BCUT2D eigenvalue weighted by molar-refractivity contribution is -0.668. The number of hydrogen-bond acceptors (Lipinski definition) is 6. The normalized spacial score (nSPS) is 10.3. The summed E-state index contributed by atoms with van der Waals surface area (Å²) < 4.78 is 9.98. The lowest BCUT2D eigenvalue weighted by atomic mass is 10.2. The Bertz CT molecular complexity index is 656. The first-order valence-corrected chi connectivity index (χ1v) is 7.22. The van der Waals surface area contributed by atoms with Gasteiger partial charge >= 0.3 is 0 Å². The van der Waals surface area contributed by atoms with Crippen LogP contribution in [0.2, 0.25) is 0 Å². The van der Waals surface area contributed by atoms with Crippen LogP contribution in [0.3, 0.4) is 0 Å². The van der Waals surface area contributed by atoms with E-state index in [4.69, 9.17) is 10.5 Å². The number of hydrogen-bond donors (Lipinski definition) is 3. The summed E-state index contributed by atoms with van der Waals surface area (Å²) in [5, 5.41) is 11.6. The Balaban J connectivity index is 1.72. The minimum absolute atomic E-state index is 0.00757. The van der Waals surface area contributed by atoms with Gasteiger partial charge in [0.1, 0.15) is 18.9 Å². The number of nitrogens with two attached hydrogens (primary N) is 2. The molecule has 0 aliphatic carbocycles. The van der Waals surface area contributed by atoms with Crippen LogP contribution < -0.4 is 21.1 Å². The molecule has 1 aromatic carbocycles. The number of benzene rings is 1. The van der Waals surface area contributed by atoms with E-state index in [1.165, 1.54) is 0 Å². The summed E-state index contributed by atoms with van der Waals surface area (Å²) in [7, 11) is 0. The van der Waals surface area contributed by atoms with E-state index in [0.717, 1.165) is 17.9 Å². The molecular weight excluding hydrogens is 298 g/mol. The average molecular weight is 318 g/mol. The number of anilines is 1. The molecule has 1 heterocycles. The van der Waals surface area contributed by atoms with Crippen LogP contribution in [0.5, 0.6) is 5.75 Å². The second-order valence-corrected chi connectivity index (χ2v) is 4.74. The molecule has 0 unspecified atom stereocenters. The van der Waals surface area contributed by atoms with Crippen molar-refractivity contribution in [2.24, 2.45) is 0 Å². The summed E-state index contributed by atoms with van der Waals surface area (Å²) in [6, 6.07) is 7.83. The van der Waals surface area contributed by atoms with E-state index in [9.17, 15) is 4.79 Å². The van der Waals surface area contributed by atoms with E-state index in [0.29, 0.717) is 19.7 Å². The topological polar surface area (TPSA) is 120 Å². The third kappa shape index (κ3) is 4.82. The van der Waals surface area contributed by atoms with Crippen molar-refractivity contribution < 1.29 is 19.5 Å². The number of nitrogens with zero attached hydrogens (tertiary/aromatic N) is 2. The Kier molecular flexibility index (Phi) is 6.13. The van der Waals surface area contributed by atoms with Gasteiger partial charge in [0.25, 0.3) is 5.91 Å². The van der Waals surface area contributed by atoms with Crippen molar-refractivity contribution in [2.45, 2.75) is 6.54 Å². The van der Waals surface area contributed by atoms with Gasteiger partial charge in [-0.15, -0.1) is 0 Å². The van der Waals surface area contributed by atoms with Gasteiger partial charge in [0.15, 0.2) is 0 Å². The van der Waals surface area contributed by atoms with Crippen LogP contribution in [0.25, 0.3) is 0 Å². The van der Waals surface area contributed by atoms with Gasteiger partial charge in [-0.1, -0.05) is 24.8 Å². The molecule has 0 aliphatic rings. The van der Waals surface area contributed by atoms with Crippen LogP contribution in [-0.2, 0) is 6.54 Å². The predicted molar refractivity (Wildman–Crippen MR) is 83.7 cm³/mol. The molecule has 2 rings (SSSR count). The first-order valence-electron chi connectivity index (χ1n) is 7.22. The number of aromatic nitrogens is 2. The van der Waals surface area contributed by atoms with Gasteiger partial charge in [-0.05, 0) is 22.4 Å². The van der Waals surface area contributed by atoms with Crippen LogP contribution in [0.1, 0.15) is 16.1 Å². The molecule has 23 heavy (non-hydrogen) atoms. The predicted octanol–water partition coefficient (Wildman–Crippen LogP) is -0.290. The zero-order chi connectivity index (χ0) is 16.5. The molecule has 0 saturated carbocycles. The van der Waals surface area contributed by atoms with Crippen LogP contribution in [0.15, 0.2) is 41.5 Å². The number of rotatable bonds is 9. The van der Waals surface area contributed by atoms with Crippen LogP contribution in [-0.4, -0.2) is 35.9 Å². The first-order chi connectivity index (χ1) is 11.2. The summed E-state index contributed by atoms with van der Waals surface area (Å²) >= 11 is 0. The molecule has 122 valence electrons. The van der Waals surface area contributed by atoms with E-state index >= 15 is 0 Å². The first kappa shape index (κ1) is 16.5. The fraction of sp³-hybridized carbons (Fsp3) is 0.267. The van der Waals surface area contributed by atoms with Gasteiger partial charge in [-0.25, -0.2) is 4.63 Å². The monoisotopic (exact) mass is 318 g/mol. The fourth-order valence-corrected chi connectivity index (χ4v) is 1.94. The highest BCUT2D eigenvalue weighted by molar-refractivity contribution is 5.95. The lowest BCUT2D eigenvalue weighted by Gasteiger charge is -2.09. The van der Waals surface area contributed by atoms with Gasteiger partial charge in [0, 0.05) is 5.56 Å². The minimum Gasteiger partial charge on any atom is -0.489 e. The van der Waals surface area contributed by atoms with Crippen molar-refractivity contribution in [1.29, 1.82) is 0 Å². The maximum Gasteiger partial charge on any atom is 0.277 e. The van der Waals surface area contributed by atoms with Crippen molar-refractivity contribution >= 4 is 11.7 Å². The SMILES string of the molecule is C=CCOc1ccccc1C[NH2+]CCNC(=O)c1nonc1N. The molecular formula is C15H20N5O3+. The van der Waals surface area contributed by atoms with Crippen LogP contribution >= 0.6 is 0 Å². The maximum atomic E-state index is 11.7. The molecule has 5 N–H and O–H groups in total. The highest BCUT2D eigenvalue weighted by atomic mass is 16.6. The maximum absolute atomic E-state index is 11.7. The molecule has 1 amide bonds. The molecule has 8 heteroatoms. The van der Waals surface area contributed by atoms with Gasteiger partial charge in [-0.2, -0.15) is 0 Å². The second kappa shape index (κ2) is 8.54. The molecule has 1 aromatic heterocycles. The highest BCUT2D eigenvalue weighted by Gasteiger charge is 2.15. The van der Waals surface area contributed by atoms with Gasteiger partial charge < -0.3 is 21.1 Å². The number of amides is 1. The highest BCUT2D eigenvalue weighted by Crippen LogP contribution is 2.16. The largest absolute Gasteiger partial charge is 0.489 e. The van der Waals surface area contributed by atoms with E-state index < -0.39 is 5.91 Å². The average Bonchev–Trinajstić information content (AvgIpc) is 2.99. The van der Waals surface area contributed by atoms with Crippen molar-refractivity contribution in [3.05, 3.63) is 48.2 Å². The zero-order valence-electron chi connectivity index (χ0n) is 12.7. The molecule has 2 aromatic rings. The van der Waals surface area contributed by atoms with Crippen molar-refractivity contribution in [3.63, 3.8) is 0 Å². The molecule has 0 radical (unpaired) electrons. The van der Waals surface area contributed by atoms with Crippen molar-refractivity contribution in [2.75, 3.05) is 25.4 Å². The molecule has 0 fully saturated rings. The summed E-state index contributed by atoms with van der Waals surface area (Å²) in [5.41, 5.74) is 6.54. The minimum atomic E-state index is -0.396. The van der Waals surface area contributed by atoms with Gasteiger partial charge in [-0.3, -0.25) is 4.79 Å². The van der Waals surface area contributed by atoms with E-state index in [-0.39, 0.29) is 11.5 Å². The Morgan fingerprint density at radius 1 is 1.43 bits per heavy atom. The van der Waals surface area contributed by atoms with Crippen molar-refractivity contribution in [1.82, 2.24) is 15.6 Å². The third-order valence-corrected chi connectivity index (χ3v) is 3.06. The van der Waals surface area contributed by atoms with Crippen molar-refractivity contribution in [3.8, 4) is 5.75 Å². The zero-order valence-corrected chi connectivity index (χ0v) is 12.7. The molecule has 8 nitrogen and oxygen atoms in total. The Morgan fingerprint density at radius 3 is 3.00 bits per heavy atom. The molecule has 0 atom stereocenters. The number of quaternary nitrogens is 1. The van der Waals surface area contributed by atoms with Gasteiger partial charge in [0.05, 0.1) is 13.1 Å². The lowest BCUT2D eigenvalue weighted by Crippen LogP contribution is -2.84. The third-order valence-electron chi connectivity index (χ3n) is 3.06. The van der Waals surface area contributed by atoms with E-state index in [2.05, 4.69) is 32.2 Å². The summed E-state index contributed by atoms with van der Waals surface area (Å²) in [6.45, 7) is 6.03. The fourth-order valence-electron chi connectivity index (χ4n) is 1.94. The van der Waals surface area contributed by atoms with E-state index in [1.807, 2.05) is 24.3 Å². The molecule has 0 saturated heterocycles. The van der Waals surface area contributed by atoms with Gasteiger partial charge in [0.2, 0.25) is 11.5 Å².